The van der Waals surface area contributed by atoms with Crippen molar-refractivity contribution in [2.75, 3.05) is 20.2 Å². The summed E-state index contributed by atoms with van der Waals surface area (Å²) in [5.74, 6) is -1.13. The number of carbonyl (C=O) groups is 3. The number of nitrogens with zero attached hydrogens (tertiary/aromatic N) is 2. The Labute approximate surface area is 190 Å². The number of para-hydroxylation sites is 1. The van der Waals surface area contributed by atoms with Gasteiger partial charge in [0.1, 0.15) is 6.61 Å². The number of amides is 1. The van der Waals surface area contributed by atoms with Crippen LogP contribution < -0.4 is 0 Å². The summed E-state index contributed by atoms with van der Waals surface area (Å²) in [6, 6.07) is 11.2. The van der Waals surface area contributed by atoms with Crippen molar-refractivity contribution in [2.45, 2.75) is 26.4 Å². The maximum atomic E-state index is 12.7. The Hall–Kier alpha value is -3.26. The summed E-state index contributed by atoms with van der Waals surface area (Å²) < 4.78 is 10.5. The number of carbonyl (C=O) groups excluding carboxylic acids is 3. The molecule has 0 atom stereocenters. The minimum absolute atomic E-state index is 0.00498. The van der Waals surface area contributed by atoms with E-state index in [0.717, 1.165) is 16.5 Å². The van der Waals surface area contributed by atoms with E-state index in [2.05, 4.69) is 4.98 Å². The molecule has 3 heterocycles. The molecule has 0 N–H and O–H groups in total. The number of ether oxygens (including phenoxy) is 2. The van der Waals surface area contributed by atoms with Gasteiger partial charge in [0.15, 0.2) is 0 Å². The summed E-state index contributed by atoms with van der Waals surface area (Å²) in [7, 11) is 1.32. The molecule has 32 heavy (non-hydrogen) atoms. The van der Waals surface area contributed by atoms with E-state index in [0.29, 0.717) is 42.1 Å². The first-order valence-corrected chi connectivity index (χ1v) is 11.3. The molecular formula is C24H24N2O5S. The van der Waals surface area contributed by atoms with Crippen LogP contribution in [0.15, 0.2) is 41.8 Å². The van der Waals surface area contributed by atoms with Gasteiger partial charge < -0.3 is 14.4 Å². The zero-order chi connectivity index (χ0) is 22.7. The number of likely N-dealkylation sites (tertiary alicyclic amines) is 1. The Morgan fingerprint density at radius 1 is 1.12 bits per heavy atom. The second kappa shape index (κ2) is 9.48. The molecule has 0 aliphatic carbocycles. The van der Waals surface area contributed by atoms with E-state index in [1.807, 2.05) is 48.7 Å². The van der Waals surface area contributed by atoms with Gasteiger partial charge in [-0.15, -0.1) is 11.3 Å². The van der Waals surface area contributed by atoms with Crippen molar-refractivity contribution in [3.8, 4) is 0 Å². The zero-order valence-corrected chi connectivity index (χ0v) is 18.8. The molecule has 166 valence electrons. The van der Waals surface area contributed by atoms with Crippen molar-refractivity contribution >= 4 is 40.1 Å². The number of benzene rings is 1. The lowest BCUT2D eigenvalue weighted by Gasteiger charge is -2.30. The Balaban J connectivity index is 1.43. The SMILES string of the molecule is COC(=O)c1c(COC(=O)C2CCN(C(=O)c3cccs3)CC2)nc2ccccc2c1C. The molecule has 0 unspecified atom stereocenters. The normalized spacial score (nSPS) is 14.4. The predicted octanol–water partition coefficient (Wildman–Crippen LogP) is 3.99. The minimum atomic E-state index is -0.507. The lowest BCUT2D eigenvalue weighted by atomic mass is 9.97. The van der Waals surface area contributed by atoms with Crippen LogP contribution >= 0.6 is 11.3 Å². The standard InChI is InChI=1S/C24H24N2O5S/c1-15-17-6-3-4-7-18(17)25-19(21(15)24(29)30-2)14-31-23(28)16-9-11-26(12-10-16)22(27)20-8-5-13-32-20/h3-8,13,16H,9-12,14H2,1-2H3. The molecule has 0 spiro atoms. The van der Waals surface area contributed by atoms with E-state index in [1.165, 1.54) is 18.4 Å². The van der Waals surface area contributed by atoms with Gasteiger partial charge in [-0.1, -0.05) is 24.3 Å². The Morgan fingerprint density at radius 3 is 2.56 bits per heavy atom. The van der Waals surface area contributed by atoms with Crippen LogP contribution in [0, 0.1) is 12.8 Å². The molecule has 0 bridgehead atoms. The van der Waals surface area contributed by atoms with Gasteiger partial charge in [-0.25, -0.2) is 9.78 Å². The highest BCUT2D eigenvalue weighted by atomic mass is 32.1. The fourth-order valence-corrected chi connectivity index (χ4v) is 4.74. The van der Waals surface area contributed by atoms with Gasteiger partial charge in [0, 0.05) is 18.5 Å². The van der Waals surface area contributed by atoms with Crippen LogP contribution in [0.1, 0.15) is 44.1 Å². The summed E-state index contributed by atoms with van der Waals surface area (Å²) >= 11 is 1.42. The lowest BCUT2D eigenvalue weighted by Crippen LogP contribution is -2.40. The first-order chi connectivity index (χ1) is 15.5. The van der Waals surface area contributed by atoms with E-state index in [4.69, 9.17) is 9.47 Å². The smallest absolute Gasteiger partial charge is 0.340 e. The Kier molecular flexibility index (Phi) is 6.50. The number of rotatable bonds is 5. The van der Waals surface area contributed by atoms with Gasteiger partial charge in [-0.05, 0) is 42.8 Å². The molecule has 1 aliphatic rings. The highest BCUT2D eigenvalue weighted by molar-refractivity contribution is 7.12. The molecule has 1 fully saturated rings. The van der Waals surface area contributed by atoms with Crippen LogP contribution in [0.4, 0.5) is 0 Å². The van der Waals surface area contributed by atoms with E-state index < -0.39 is 5.97 Å². The van der Waals surface area contributed by atoms with Crippen molar-refractivity contribution in [1.29, 1.82) is 0 Å². The highest BCUT2D eigenvalue weighted by Crippen LogP contribution is 2.26. The number of hydrogen-bond acceptors (Lipinski definition) is 7. The second-order valence-electron chi connectivity index (χ2n) is 7.72. The van der Waals surface area contributed by atoms with E-state index in [-0.39, 0.29) is 24.4 Å². The lowest BCUT2D eigenvalue weighted by molar-refractivity contribution is -0.151. The number of piperidine rings is 1. The number of aryl methyl sites for hydroxylation is 1. The van der Waals surface area contributed by atoms with E-state index in [1.54, 1.807) is 4.90 Å². The molecule has 1 aromatic carbocycles. The number of fused-ring (bicyclic) bond motifs is 1. The number of pyridine rings is 1. The van der Waals surface area contributed by atoms with Gasteiger partial charge in [0.2, 0.25) is 0 Å². The third kappa shape index (κ3) is 4.36. The zero-order valence-electron chi connectivity index (χ0n) is 18.0. The maximum absolute atomic E-state index is 12.7. The summed E-state index contributed by atoms with van der Waals surface area (Å²) in [5, 5.41) is 2.73. The highest BCUT2D eigenvalue weighted by Gasteiger charge is 2.30. The fourth-order valence-electron chi connectivity index (χ4n) is 4.05. The number of hydrogen-bond donors (Lipinski definition) is 0. The second-order valence-corrected chi connectivity index (χ2v) is 8.67. The molecule has 8 heteroatoms. The molecule has 1 aliphatic heterocycles. The fraction of sp³-hybridized carbons (Fsp3) is 0.333. The van der Waals surface area contributed by atoms with Crippen molar-refractivity contribution in [2.24, 2.45) is 5.92 Å². The third-order valence-electron chi connectivity index (χ3n) is 5.82. The largest absolute Gasteiger partial charge is 0.465 e. The van der Waals surface area contributed by atoms with Crippen molar-refractivity contribution in [3.05, 3.63) is 63.5 Å². The van der Waals surface area contributed by atoms with Crippen molar-refractivity contribution < 1.29 is 23.9 Å². The van der Waals surface area contributed by atoms with Crippen LogP contribution in [0.5, 0.6) is 0 Å². The molecule has 2 aromatic heterocycles. The number of esters is 2. The monoisotopic (exact) mass is 452 g/mol. The predicted molar refractivity (Wildman–Crippen MR) is 121 cm³/mol. The Bertz CT molecular complexity index is 1150. The molecule has 0 saturated carbocycles. The maximum Gasteiger partial charge on any atom is 0.340 e. The number of aromatic nitrogens is 1. The molecule has 1 amide bonds. The molecule has 0 radical (unpaired) electrons. The summed E-state index contributed by atoms with van der Waals surface area (Å²) in [5.41, 5.74) is 2.18. The minimum Gasteiger partial charge on any atom is -0.465 e. The van der Waals surface area contributed by atoms with Crippen LogP contribution in [0.2, 0.25) is 0 Å². The Morgan fingerprint density at radius 2 is 1.88 bits per heavy atom. The summed E-state index contributed by atoms with van der Waals surface area (Å²) in [6.45, 7) is 2.75. The third-order valence-corrected chi connectivity index (χ3v) is 6.67. The average Bonchev–Trinajstić information content (AvgIpc) is 3.37. The average molecular weight is 453 g/mol. The van der Waals surface area contributed by atoms with Crippen molar-refractivity contribution in [3.63, 3.8) is 0 Å². The van der Waals surface area contributed by atoms with Crippen molar-refractivity contribution in [1.82, 2.24) is 9.88 Å². The van der Waals surface area contributed by atoms with Gasteiger partial charge in [-0.2, -0.15) is 0 Å². The number of methoxy groups -OCH3 is 1. The molecular weight excluding hydrogens is 428 g/mol. The van der Waals surface area contributed by atoms with Gasteiger partial charge >= 0.3 is 11.9 Å². The van der Waals surface area contributed by atoms with Gasteiger partial charge in [0.05, 0.1) is 34.7 Å². The first kappa shape index (κ1) is 22.0. The molecule has 7 nitrogen and oxygen atoms in total. The molecule has 4 rings (SSSR count). The van der Waals surface area contributed by atoms with Crippen LogP contribution in [0.3, 0.4) is 0 Å². The topological polar surface area (TPSA) is 85.8 Å². The first-order valence-electron chi connectivity index (χ1n) is 10.5. The quantitative estimate of drug-likeness (QED) is 0.544. The summed E-state index contributed by atoms with van der Waals surface area (Å²) in [4.78, 5) is 44.6. The summed E-state index contributed by atoms with van der Waals surface area (Å²) in [6.07, 6.45) is 1.09. The van der Waals surface area contributed by atoms with Gasteiger partial charge in [-0.3, -0.25) is 9.59 Å². The van der Waals surface area contributed by atoms with Crippen LogP contribution in [-0.2, 0) is 20.9 Å². The molecule has 3 aromatic rings. The number of thiophene rings is 1. The van der Waals surface area contributed by atoms with E-state index in [9.17, 15) is 14.4 Å². The molecule has 1 saturated heterocycles. The van der Waals surface area contributed by atoms with Gasteiger partial charge in [0.25, 0.3) is 5.91 Å². The van der Waals surface area contributed by atoms with Crippen LogP contribution in [0.25, 0.3) is 10.9 Å². The van der Waals surface area contributed by atoms with Crippen LogP contribution in [-0.4, -0.2) is 47.9 Å². The van der Waals surface area contributed by atoms with E-state index >= 15 is 0 Å².